The Morgan fingerprint density at radius 3 is 1.68 bits per heavy atom. The van der Waals surface area contributed by atoms with Crippen LogP contribution in [0.4, 0.5) is 0 Å². The van der Waals surface area contributed by atoms with Crippen LogP contribution in [0.1, 0.15) is 21.0 Å². The number of hydrogen-bond acceptors (Lipinski definition) is 8. The van der Waals surface area contributed by atoms with Gasteiger partial charge in [-0.2, -0.15) is 0 Å². The first-order valence-electron chi connectivity index (χ1n) is 7.39. The van der Waals surface area contributed by atoms with Gasteiger partial charge in [-0.15, -0.1) is 12.4 Å². The maximum absolute atomic E-state index is 11.7. The van der Waals surface area contributed by atoms with Crippen LogP contribution >= 0.6 is 24.0 Å². The molecule has 2 heterocycles. The van der Waals surface area contributed by atoms with Crippen LogP contribution in [0.3, 0.4) is 0 Å². The predicted molar refractivity (Wildman–Crippen MR) is 101 cm³/mol. The summed E-state index contributed by atoms with van der Waals surface area (Å²) in [4.78, 5) is 52.2. The van der Waals surface area contributed by atoms with Crippen molar-refractivity contribution in [2.75, 3.05) is 14.2 Å². The molecule has 0 fully saturated rings. The van der Waals surface area contributed by atoms with Gasteiger partial charge in [-0.25, -0.2) is 9.59 Å². The predicted octanol–water partition coefficient (Wildman–Crippen LogP) is 1.41. The second-order valence-corrected chi connectivity index (χ2v) is 5.00. The largest absolute Gasteiger partial charge is 0.467 e. The number of hydrogen-bond donors (Lipinski definition) is 1. The fourth-order valence-corrected chi connectivity index (χ4v) is 1.74. The molecule has 0 aliphatic heterocycles. The molecule has 0 bridgehead atoms. The Bertz CT molecular complexity index is 774. The third kappa shape index (κ3) is 8.11. The van der Waals surface area contributed by atoms with Gasteiger partial charge in [0.05, 0.1) is 14.2 Å². The zero-order valence-corrected chi connectivity index (χ0v) is 16.4. The normalized spacial score (nSPS) is 9.14. The molecule has 9 nitrogen and oxygen atoms in total. The molecular weight excluding hydrogens is 413 g/mol. The second kappa shape index (κ2) is 13.2. The molecule has 0 saturated carbocycles. The van der Waals surface area contributed by atoms with E-state index in [1.807, 2.05) is 0 Å². The second-order valence-electron chi connectivity index (χ2n) is 4.66. The summed E-state index contributed by atoms with van der Waals surface area (Å²) in [6.45, 7) is 0. The number of pyridine rings is 2. The van der Waals surface area contributed by atoms with Gasteiger partial charge >= 0.3 is 11.9 Å². The maximum Gasteiger partial charge on any atom is 0.340 e. The lowest BCUT2D eigenvalue weighted by Gasteiger charge is -2.13. The summed E-state index contributed by atoms with van der Waals surface area (Å²) in [6.07, 6.45) is 2.94. The van der Waals surface area contributed by atoms with E-state index in [-0.39, 0.29) is 18.1 Å². The van der Waals surface area contributed by atoms with Crippen LogP contribution in [0.2, 0.25) is 0 Å². The standard InChI is InChI=1S/C11H12N2O5.C6H4ClNO.ClH/c1-17-10(15)8(11(16)18-2)13-9(14)7-5-3-4-6-12-7;7-6(9)5-3-1-2-4-8-5;/h3-6,8H,1-2H3,(H,13,14);1-4H;1H. The first-order chi connectivity index (χ1) is 12.9. The first kappa shape index (κ1) is 25.0. The molecule has 0 spiro atoms. The van der Waals surface area contributed by atoms with Crippen molar-refractivity contribution in [3.8, 4) is 0 Å². The monoisotopic (exact) mass is 429 g/mol. The van der Waals surface area contributed by atoms with Crippen LogP contribution < -0.4 is 5.32 Å². The van der Waals surface area contributed by atoms with Crippen LogP contribution in [-0.2, 0) is 19.1 Å². The van der Waals surface area contributed by atoms with Crippen LogP contribution in [0.25, 0.3) is 0 Å². The summed E-state index contributed by atoms with van der Waals surface area (Å²) in [5.41, 5.74) is 0.370. The Labute approximate surface area is 171 Å². The van der Waals surface area contributed by atoms with E-state index in [2.05, 4.69) is 24.8 Å². The minimum Gasteiger partial charge on any atom is -0.467 e. The van der Waals surface area contributed by atoms with Gasteiger partial charge in [0.1, 0.15) is 11.4 Å². The summed E-state index contributed by atoms with van der Waals surface area (Å²) >= 11 is 5.10. The number of nitrogens with one attached hydrogen (secondary N) is 1. The molecular formula is C17H17Cl2N3O6. The van der Waals surface area contributed by atoms with Gasteiger partial charge in [0.15, 0.2) is 0 Å². The lowest BCUT2D eigenvalue weighted by molar-refractivity contribution is -0.154. The van der Waals surface area contributed by atoms with E-state index in [0.717, 1.165) is 14.2 Å². The van der Waals surface area contributed by atoms with Gasteiger partial charge in [0.2, 0.25) is 6.04 Å². The maximum atomic E-state index is 11.7. The van der Waals surface area contributed by atoms with Crippen molar-refractivity contribution >= 4 is 47.1 Å². The highest BCUT2D eigenvalue weighted by Gasteiger charge is 2.30. The molecule has 2 rings (SSSR count). The molecule has 2 aromatic rings. The molecule has 1 amide bonds. The Balaban J connectivity index is 0.000000614. The average Bonchev–Trinajstić information content (AvgIpc) is 2.72. The minimum absolute atomic E-state index is 0. The first-order valence-corrected chi connectivity index (χ1v) is 7.77. The molecule has 0 aromatic carbocycles. The quantitative estimate of drug-likeness (QED) is 0.429. The van der Waals surface area contributed by atoms with Crippen molar-refractivity contribution in [2.24, 2.45) is 0 Å². The van der Waals surface area contributed by atoms with Gasteiger partial charge in [0.25, 0.3) is 11.1 Å². The molecule has 1 N–H and O–H groups in total. The number of nitrogens with zero attached hydrogens (tertiary/aromatic N) is 2. The average molecular weight is 430 g/mol. The third-order valence-electron chi connectivity index (χ3n) is 2.91. The van der Waals surface area contributed by atoms with Gasteiger partial charge in [0, 0.05) is 12.4 Å². The van der Waals surface area contributed by atoms with Crippen molar-refractivity contribution in [3.05, 3.63) is 60.2 Å². The van der Waals surface area contributed by atoms with Crippen LogP contribution in [0.5, 0.6) is 0 Å². The Morgan fingerprint density at radius 2 is 1.36 bits per heavy atom. The number of amides is 1. The third-order valence-corrected chi connectivity index (χ3v) is 3.11. The van der Waals surface area contributed by atoms with E-state index in [9.17, 15) is 19.2 Å². The van der Waals surface area contributed by atoms with Gasteiger partial charge < -0.3 is 14.8 Å². The van der Waals surface area contributed by atoms with E-state index in [1.54, 1.807) is 30.3 Å². The smallest absolute Gasteiger partial charge is 0.340 e. The van der Waals surface area contributed by atoms with Crippen molar-refractivity contribution in [2.45, 2.75) is 6.04 Å². The molecule has 0 unspecified atom stereocenters. The molecule has 0 aliphatic carbocycles. The zero-order valence-electron chi connectivity index (χ0n) is 14.8. The molecule has 2 aromatic heterocycles. The number of carbonyl (C=O) groups excluding carboxylic acids is 4. The molecule has 0 atom stereocenters. The SMILES string of the molecule is COC(=O)C(NC(=O)c1ccccn1)C(=O)OC.Cl.O=C(Cl)c1ccccn1. The summed E-state index contributed by atoms with van der Waals surface area (Å²) in [5.74, 6) is -2.49. The van der Waals surface area contributed by atoms with Crippen LogP contribution in [0.15, 0.2) is 48.8 Å². The Hall–Kier alpha value is -3.04. The Morgan fingerprint density at radius 1 is 0.893 bits per heavy atom. The van der Waals surface area contributed by atoms with E-state index in [1.165, 1.54) is 18.5 Å². The van der Waals surface area contributed by atoms with E-state index >= 15 is 0 Å². The van der Waals surface area contributed by atoms with E-state index < -0.39 is 29.1 Å². The number of esters is 2. The number of ether oxygens (including phenoxy) is 2. The van der Waals surface area contributed by atoms with Gasteiger partial charge in [-0.1, -0.05) is 12.1 Å². The highest BCUT2D eigenvalue weighted by atomic mass is 35.5. The molecule has 0 aliphatic rings. The topological polar surface area (TPSA) is 125 Å². The molecule has 28 heavy (non-hydrogen) atoms. The summed E-state index contributed by atoms with van der Waals surface area (Å²) in [5, 5.41) is 1.67. The number of aromatic nitrogens is 2. The molecule has 0 saturated heterocycles. The highest BCUT2D eigenvalue weighted by Crippen LogP contribution is 1.98. The molecule has 150 valence electrons. The highest BCUT2D eigenvalue weighted by molar-refractivity contribution is 6.67. The van der Waals surface area contributed by atoms with Crippen molar-refractivity contribution < 1.29 is 28.7 Å². The van der Waals surface area contributed by atoms with E-state index in [4.69, 9.17) is 11.6 Å². The molecule has 11 heteroatoms. The summed E-state index contributed by atoms with van der Waals surface area (Å²) < 4.78 is 8.79. The van der Waals surface area contributed by atoms with Crippen molar-refractivity contribution in [1.29, 1.82) is 0 Å². The fraction of sp³-hybridized carbons (Fsp3) is 0.176. The van der Waals surface area contributed by atoms with Crippen molar-refractivity contribution in [1.82, 2.24) is 15.3 Å². The summed E-state index contributed by atoms with van der Waals surface area (Å²) in [7, 11) is 2.20. The number of rotatable bonds is 5. The van der Waals surface area contributed by atoms with Crippen molar-refractivity contribution in [3.63, 3.8) is 0 Å². The number of carbonyl (C=O) groups is 4. The Kier molecular flexibility index (Phi) is 11.7. The van der Waals surface area contributed by atoms with Crippen LogP contribution in [-0.4, -0.2) is 53.3 Å². The zero-order chi connectivity index (χ0) is 20.2. The number of halogens is 2. The lowest BCUT2D eigenvalue weighted by Crippen LogP contribution is -2.47. The fourth-order valence-electron chi connectivity index (χ4n) is 1.63. The lowest BCUT2D eigenvalue weighted by atomic mass is 10.2. The van der Waals surface area contributed by atoms with Gasteiger partial charge in [-0.3, -0.25) is 19.6 Å². The van der Waals surface area contributed by atoms with Gasteiger partial charge in [-0.05, 0) is 35.9 Å². The molecule has 0 radical (unpaired) electrons. The summed E-state index contributed by atoms with van der Waals surface area (Å²) in [6, 6.07) is 8.18. The minimum atomic E-state index is -1.51. The number of methoxy groups -OCH3 is 2. The van der Waals surface area contributed by atoms with E-state index in [0.29, 0.717) is 5.69 Å². The van der Waals surface area contributed by atoms with Crippen LogP contribution in [0, 0.1) is 0 Å².